The number of carbonyl (C=O) groups is 1. The Morgan fingerprint density at radius 2 is 2.29 bits per heavy atom. The van der Waals surface area contributed by atoms with E-state index in [1.807, 2.05) is 0 Å². The number of rotatable bonds is 2. The smallest absolute Gasteiger partial charge is 0.258 e. The van der Waals surface area contributed by atoms with Crippen molar-refractivity contribution in [3.05, 3.63) is 29.8 Å². The number of para-hydroxylation sites is 1. The van der Waals surface area contributed by atoms with E-state index >= 15 is 0 Å². The van der Waals surface area contributed by atoms with Crippen LogP contribution in [0.4, 0.5) is 0 Å². The lowest BCUT2D eigenvalue weighted by Gasteiger charge is -2.35. The summed E-state index contributed by atoms with van der Waals surface area (Å²) < 4.78 is 5.28. The Morgan fingerprint density at radius 3 is 3.00 bits per heavy atom. The van der Waals surface area contributed by atoms with Gasteiger partial charge in [0.15, 0.2) is 0 Å². The van der Waals surface area contributed by atoms with Crippen LogP contribution in [0.15, 0.2) is 24.3 Å². The fourth-order valence-electron chi connectivity index (χ4n) is 1.93. The van der Waals surface area contributed by atoms with E-state index in [2.05, 4.69) is 0 Å². The number of phenolic OH excluding ortho intramolecular Hbond substituents is 1. The number of nitrogens with two attached hydrogens (primary N) is 1. The minimum Gasteiger partial charge on any atom is -0.507 e. The number of hydrogen-bond acceptors (Lipinski definition) is 4. The quantitative estimate of drug-likeness (QED) is 0.768. The molecule has 92 valence electrons. The Bertz CT molecular complexity index is 408. The van der Waals surface area contributed by atoms with Gasteiger partial charge in [-0.25, -0.2) is 0 Å². The molecule has 17 heavy (non-hydrogen) atoms. The van der Waals surface area contributed by atoms with Crippen molar-refractivity contribution in [1.82, 2.24) is 4.90 Å². The fraction of sp³-hybridized carbons (Fsp3) is 0.417. The first-order valence-corrected chi connectivity index (χ1v) is 5.61. The number of ether oxygens (including phenoxy) is 1. The number of hydrogen-bond donors (Lipinski definition) is 2. The first-order chi connectivity index (χ1) is 8.24. The van der Waals surface area contributed by atoms with Gasteiger partial charge < -0.3 is 20.5 Å². The van der Waals surface area contributed by atoms with Crippen LogP contribution in [0.1, 0.15) is 10.4 Å². The first kappa shape index (κ1) is 11.9. The summed E-state index contributed by atoms with van der Waals surface area (Å²) >= 11 is 0. The highest BCUT2D eigenvalue weighted by Crippen LogP contribution is 2.20. The average molecular weight is 236 g/mol. The minimum absolute atomic E-state index is 0.000219. The molecule has 0 saturated carbocycles. The van der Waals surface area contributed by atoms with Gasteiger partial charge in [-0.2, -0.15) is 0 Å². The van der Waals surface area contributed by atoms with Crippen LogP contribution in [0.5, 0.6) is 5.75 Å². The molecule has 1 unspecified atom stereocenters. The molecular formula is C12H16N2O3. The molecule has 1 aromatic carbocycles. The van der Waals surface area contributed by atoms with Gasteiger partial charge >= 0.3 is 0 Å². The molecule has 0 aromatic heterocycles. The van der Waals surface area contributed by atoms with Crippen molar-refractivity contribution in [2.75, 3.05) is 26.3 Å². The van der Waals surface area contributed by atoms with Crippen molar-refractivity contribution in [1.29, 1.82) is 0 Å². The van der Waals surface area contributed by atoms with Crippen LogP contribution in [0, 0.1) is 0 Å². The van der Waals surface area contributed by atoms with Gasteiger partial charge in [0.2, 0.25) is 0 Å². The highest BCUT2D eigenvalue weighted by Gasteiger charge is 2.28. The normalized spacial score (nSPS) is 20.3. The highest BCUT2D eigenvalue weighted by atomic mass is 16.5. The molecule has 1 aromatic rings. The second-order valence-corrected chi connectivity index (χ2v) is 3.98. The van der Waals surface area contributed by atoms with E-state index in [1.165, 1.54) is 6.07 Å². The molecule has 1 atom stereocenters. The van der Waals surface area contributed by atoms with E-state index in [9.17, 15) is 9.90 Å². The third-order valence-electron chi connectivity index (χ3n) is 2.89. The second-order valence-electron chi connectivity index (χ2n) is 3.98. The molecule has 3 N–H and O–H groups in total. The SMILES string of the molecule is NCC1COCCN1C(=O)c1ccccc1O. The van der Waals surface area contributed by atoms with Gasteiger partial charge in [0.1, 0.15) is 5.75 Å². The maximum atomic E-state index is 12.2. The molecule has 1 saturated heterocycles. The van der Waals surface area contributed by atoms with Crippen LogP contribution in [0.25, 0.3) is 0 Å². The zero-order chi connectivity index (χ0) is 12.3. The molecule has 1 fully saturated rings. The predicted octanol–water partition coefficient (Wildman–Crippen LogP) is 0.192. The topological polar surface area (TPSA) is 75.8 Å². The molecule has 0 bridgehead atoms. The van der Waals surface area contributed by atoms with Crippen molar-refractivity contribution < 1.29 is 14.6 Å². The Balaban J connectivity index is 2.21. The lowest BCUT2D eigenvalue weighted by molar-refractivity contribution is 0.000697. The summed E-state index contributed by atoms with van der Waals surface area (Å²) in [6.07, 6.45) is 0. The monoisotopic (exact) mass is 236 g/mol. The minimum atomic E-state index is -0.193. The second kappa shape index (κ2) is 5.16. The average Bonchev–Trinajstić information content (AvgIpc) is 2.38. The molecular weight excluding hydrogens is 220 g/mol. The number of aromatic hydroxyl groups is 1. The van der Waals surface area contributed by atoms with Crippen LogP contribution in [-0.2, 0) is 4.74 Å². The summed E-state index contributed by atoms with van der Waals surface area (Å²) in [7, 11) is 0. The third-order valence-corrected chi connectivity index (χ3v) is 2.89. The van der Waals surface area contributed by atoms with Crippen molar-refractivity contribution in [3.8, 4) is 5.75 Å². The van der Waals surface area contributed by atoms with Crippen molar-refractivity contribution in [2.45, 2.75) is 6.04 Å². The molecule has 1 aliphatic rings. The number of amides is 1. The summed E-state index contributed by atoms with van der Waals surface area (Å²) in [5.74, 6) is -0.193. The molecule has 5 nitrogen and oxygen atoms in total. The van der Waals surface area contributed by atoms with Crippen LogP contribution in [0.2, 0.25) is 0 Å². The Hall–Kier alpha value is -1.59. The number of benzene rings is 1. The van der Waals surface area contributed by atoms with E-state index in [4.69, 9.17) is 10.5 Å². The van der Waals surface area contributed by atoms with E-state index in [1.54, 1.807) is 23.1 Å². The number of phenols is 1. The number of morpholine rings is 1. The van der Waals surface area contributed by atoms with E-state index < -0.39 is 0 Å². The van der Waals surface area contributed by atoms with Crippen LogP contribution in [-0.4, -0.2) is 48.3 Å². The molecule has 2 rings (SSSR count). The van der Waals surface area contributed by atoms with Gasteiger partial charge in [0, 0.05) is 13.1 Å². The van der Waals surface area contributed by atoms with E-state index in [0.717, 1.165) is 0 Å². The summed E-state index contributed by atoms with van der Waals surface area (Å²) in [4.78, 5) is 13.9. The molecule has 1 aliphatic heterocycles. The van der Waals surface area contributed by atoms with Crippen molar-refractivity contribution >= 4 is 5.91 Å². The largest absolute Gasteiger partial charge is 0.507 e. The zero-order valence-electron chi connectivity index (χ0n) is 9.50. The maximum Gasteiger partial charge on any atom is 0.258 e. The van der Waals surface area contributed by atoms with Crippen LogP contribution < -0.4 is 5.73 Å². The number of nitrogens with zero attached hydrogens (tertiary/aromatic N) is 1. The van der Waals surface area contributed by atoms with Crippen LogP contribution >= 0.6 is 0 Å². The van der Waals surface area contributed by atoms with Gasteiger partial charge in [-0.3, -0.25) is 4.79 Å². The number of carbonyl (C=O) groups excluding carboxylic acids is 1. The third kappa shape index (κ3) is 2.40. The zero-order valence-corrected chi connectivity index (χ0v) is 9.50. The lowest BCUT2D eigenvalue weighted by Crippen LogP contribution is -2.52. The lowest BCUT2D eigenvalue weighted by atomic mass is 10.1. The predicted molar refractivity (Wildman–Crippen MR) is 62.8 cm³/mol. The Kier molecular flexibility index (Phi) is 3.61. The summed E-state index contributed by atoms with van der Waals surface area (Å²) in [5.41, 5.74) is 5.92. The van der Waals surface area contributed by atoms with Gasteiger partial charge in [0.05, 0.1) is 24.8 Å². The van der Waals surface area contributed by atoms with Gasteiger partial charge in [-0.1, -0.05) is 12.1 Å². The standard InChI is InChI=1S/C12H16N2O3/c13-7-9-8-17-6-5-14(9)12(16)10-3-1-2-4-11(10)15/h1-4,9,15H,5-8,13H2. The van der Waals surface area contributed by atoms with Crippen LogP contribution in [0.3, 0.4) is 0 Å². The molecule has 0 spiro atoms. The molecule has 1 heterocycles. The Morgan fingerprint density at radius 1 is 1.53 bits per heavy atom. The van der Waals surface area contributed by atoms with Gasteiger partial charge in [-0.05, 0) is 12.1 Å². The highest BCUT2D eigenvalue weighted by molar-refractivity contribution is 5.97. The maximum absolute atomic E-state index is 12.2. The Labute approximate surface area is 99.8 Å². The molecule has 5 heteroatoms. The van der Waals surface area contributed by atoms with E-state index in [-0.39, 0.29) is 17.7 Å². The van der Waals surface area contributed by atoms with Crippen molar-refractivity contribution in [2.24, 2.45) is 5.73 Å². The summed E-state index contributed by atoms with van der Waals surface area (Å²) in [5, 5.41) is 9.66. The first-order valence-electron chi connectivity index (χ1n) is 5.61. The summed E-state index contributed by atoms with van der Waals surface area (Å²) in [6, 6.07) is 6.42. The molecule has 0 radical (unpaired) electrons. The molecule has 1 amide bonds. The fourth-order valence-corrected chi connectivity index (χ4v) is 1.93. The molecule has 0 aliphatic carbocycles. The van der Waals surface area contributed by atoms with Gasteiger partial charge in [-0.15, -0.1) is 0 Å². The van der Waals surface area contributed by atoms with Crippen molar-refractivity contribution in [3.63, 3.8) is 0 Å². The van der Waals surface area contributed by atoms with E-state index in [0.29, 0.717) is 31.9 Å². The summed E-state index contributed by atoms with van der Waals surface area (Å²) in [6.45, 7) is 1.83. The van der Waals surface area contributed by atoms with Gasteiger partial charge in [0.25, 0.3) is 5.91 Å².